The van der Waals surface area contributed by atoms with Gasteiger partial charge in [-0.2, -0.15) is 0 Å². The van der Waals surface area contributed by atoms with Crippen LogP contribution in [0.15, 0.2) is 47.1 Å². The van der Waals surface area contributed by atoms with Gasteiger partial charge in [0.05, 0.1) is 14.5 Å². The molecular weight excluding hydrogens is 389 g/mol. The van der Waals surface area contributed by atoms with Crippen molar-refractivity contribution >= 4 is 67.4 Å². The normalized spacial score (nSPS) is 10.7. The zero-order valence-electron chi connectivity index (χ0n) is 11.1. The lowest BCUT2D eigenvalue weighted by atomic mass is 10.2. The molecule has 0 saturated carbocycles. The molecule has 2 aromatic carbocycles. The van der Waals surface area contributed by atoms with Crippen LogP contribution in [-0.4, -0.2) is 11.0 Å². The average Bonchev–Trinajstić information content (AvgIpc) is 2.92. The van der Waals surface area contributed by atoms with Gasteiger partial charge in [0.25, 0.3) is 0 Å². The number of halogens is 3. The molecule has 2 amide bonds. The SMILES string of the molecule is O=C(Nc1cc(Cl)c(Br)c(Cl)c1)Nc1ccc2cc[nH]c2c1. The molecule has 0 aliphatic heterocycles. The van der Waals surface area contributed by atoms with Crippen LogP contribution in [0.5, 0.6) is 0 Å². The minimum absolute atomic E-state index is 0.375. The third kappa shape index (κ3) is 3.21. The number of aromatic nitrogens is 1. The molecule has 0 spiro atoms. The molecule has 112 valence electrons. The number of carbonyl (C=O) groups excluding carboxylic acids is 1. The van der Waals surface area contributed by atoms with E-state index in [1.54, 1.807) is 12.1 Å². The quantitative estimate of drug-likeness (QED) is 0.463. The zero-order chi connectivity index (χ0) is 15.7. The summed E-state index contributed by atoms with van der Waals surface area (Å²) in [6.07, 6.45) is 1.85. The number of hydrogen-bond donors (Lipinski definition) is 3. The first-order valence-electron chi connectivity index (χ1n) is 6.32. The average molecular weight is 399 g/mol. The van der Waals surface area contributed by atoms with Gasteiger partial charge in [0.2, 0.25) is 0 Å². The van der Waals surface area contributed by atoms with E-state index in [-0.39, 0.29) is 6.03 Å². The lowest BCUT2D eigenvalue weighted by molar-refractivity contribution is 0.262. The molecule has 0 aliphatic rings. The van der Waals surface area contributed by atoms with E-state index in [0.717, 1.165) is 10.9 Å². The number of carbonyl (C=O) groups is 1. The van der Waals surface area contributed by atoms with Crippen molar-refractivity contribution in [2.45, 2.75) is 0 Å². The summed E-state index contributed by atoms with van der Waals surface area (Å²) in [7, 11) is 0. The van der Waals surface area contributed by atoms with E-state index in [1.165, 1.54) is 0 Å². The molecule has 0 atom stereocenters. The molecule has 3 N–H and O–H groups in total. The predicted molar refractivity (Wildman–Crippen MR) is 95.1 cm³/mol. The number of H-pyrrole nitrogens is 1. The lowest BCUT2D eigenvalue weighted by Gasteiger charge is -2.09. The van der Waals surface area contributed by atoms with Gasteiger partial charge in [0, 0.05) is 23.1 Å². The highest BCUT2D eigenvalue weighted by atomic mass is 79.9. The van der Waals surface area contributed by atoms with Crippen LogP contribution in [0.1, 0.15) is 0 Å². The topological polar surface area (TPSA) is 56.9 Å². The molecule has 0 fully saturated rings. The summed E-state index contributed by atoms with van der Waals surface area (Å²) in [4.78, 5) is 15.1. The Labute approximate surface area is 144 Å². The minimum Gasteiger partial charge on any atom is -0.361 e. The number of benzene rings is 2. The van der Waals surface area contributed by atoms with Gasteiger partial charge in [0.15, 0.2) is 0 Å². The fourth-order valence-corrected chi connectivity index (χ4v) is 2.76. The number of hydrogen-bond acceptors (Lipinski definition) is 1. The molecule has 0 saturated heterocycles. The van der Waals surface area contributed by atoms with Crippen molar-refractivity contribution in [2.75, 3.05) is 10.6 Å². The van der Waals surface area contributed by atoms with Gasteiger partial charge in [0.1, 0.15) is 0 Å². The summed E-state index contributed by atoms with van der Waals surface area (Å²) >= 11 is 15.3. The Kier molecular flexibility index (Phi) is 4.29. The fourth-order valence-electron chi connectivity index (χ4n) is 2.05. The van der Waals surface area contributed by atoms with Crippen LogP contribution in [0.2, 0.25) is 10.0 Å². The Morgan fingerprint density at radius 3 is 2.41 bits per heavy atom. The second-order valence-electron chi connectivity index (χ2n) is 4.61. The molecular formula is C15H10BrCl2N3O. The zero-order valence-corrected chi connectivity index (χ0v) is 14.2. The summed E-state index contributed by atoms with van der Waals surface area (Å²) in [5, 5.41) is 7.38. The van der Waals surface area contributed by atoms with Crippen LogP contribution in [0.25, 0.3) is 10.9 Å². The van der Waals surface area contributed by atoms with Crippen LogP contribution in [0.4, 0.5) is 16.2 Å². The summed E-state index contributed by atoms with van der Waals surface area (Å²) in [5.41, 5.74) is 2.14. The summed E-state index contributed by atoms with van der Waals surface area (Å²) in [5.74, 6) is 0. The minimum atomic E-state index is -0.375. The van der Waals surface area contributed by atoms with E-state index in [9.17, 15) is 4.79 Å². The first-order chi connectivity index (χ1) is 10.5. The smallest absolute Gasteiger partial charge is 0.323 e. The Balaban J connectivity index is 1.74. The van der Waals surface area contributed by atoms with Crippen molar-refractivity contribution in [3.8, 4) is 0 Å². The Morgan fingerprint density at radius 2 is 1.68 bits per heavy atom. The molecule has 4 nitrogen and oxygen atoms in total. The standard InChI is InChI=1S/C15H10BrCl2N3O/c16-14-11(17)5-10(6-12(14)18)21-15(22)20-9-2-1-8-3-4-19-13(8)7-9/h1-7,19H,(H2,20,21,22). The van der Waals surface area contributed by atoms with E-state index in [1.807, 2.05) is 30.5 Å². The Bertz CT molecular complexity index is 840. The van der Waals surface area contributed by atoms with E-state index in [4.69, 9.17) is 23.2 Å². The lowest BCUT2D eigenvalue weighted by Crippen LogP contribution is -2.19. The van der Waals surface area contributed by atoms with Crippen LogP contribution < -0.4 is 10.6 Å². The van der Waals surface area contributed by atoms with Gasteiger partial charge >= 0.3 is 6.03 Å². The van der Waals surface area contributed by atoms with E-state index in [2.05, 4.69) is 31.5 Å². The molecule has 22 heavy (non-hydrogen) atoms. The maximum absolute atomic E-state index is 12.0. The van der Waals surface area contributed by atoms with Crippen molar-refractivity contribution in [1.82, 2.24) is 4.98 Å². The van der Waals surface area contributed by atoms with Crippen molar-refractivity contribution in [1.29, 1.82) is 0 Å². The largest absolute Gasteiger partial charge is 0.361 e. The van der Waals surface area contributed by atoms with Crippen LogP contribution in [0, 0.1) is 0 Å². The highest BCUT2D eigenvalue weighted by Gasteiger charge is 2.08. The van der Waals surface area contributed by atoms with Gasteiger partial charge < -0.3 is 15.6 Å². The number of fused-ring (bicyclic) bond motifs is 1. The van der Waals surface area contributed by atoms with Crippen molar-refractivity contribution in [2.24, 2.45) is 0 Å². The van der Waals surface area contributed by atoms with Gasteiger partial charge in [-0.1, -0.05) is 29.3 Å². The number of urea groups is 1. The molecule has 0 unspecified atom stereocenters. The van der Waals surface area contributed by atoms with Crippen LogP contribution in [-0.2, 0) is 0 Å². The van der Waals surface area contributed by atoms with Crippen molar-refractivity contribution in [3.05, 3.63) is 57.1 Å². The van der Waals surface area contributed by atoms with Gasteiger partial charge in [-0.3, -0.25) is 0 Å². The third-order valence-corrected chi connectivity index (χ3v) is 4.96. The van der Waals surface area contributed by atoms with Crippen LogP contribution >= 0.6 is 39.1 Å². The number of aromatic amines is 1. The maximum Gasteiger partial charge on any atom is 0.323 e. The molecule has 3 rings (SSSR count). The van der Waals surface area contributed by atoms with E-state index in [0.29, 0.717) is 25.9 Å². The highest BCUT2D eigenvalue weighted by molar-refractivity contribution is 9.10. The van der Waals surface area contributed by atoms with E-state index >= 15 is 0 Å². The number of rotatable bonds is 2. The van der Waals surface area contributed by atoms with Crippen LogP contribution in [0.3, 0.4) is 0 Å². The molecule has 1 aromatic heterocycles. The number of nitrogens with one attached hydrogen (secondary N) is 3. The van der Waals surface area contributed by atoms with Crippen molar-refractivity contribution < 1.29 is 4.79 Å². The maximum atomic E-state index is 12.0. The second-order valence-corrected chi connectivity index (χ2v) is 6.22. The fraction of sp³-hybridized carbons (Fsp3) is 0. The summed E-state index contributed by atoms with van der Waals surface area (Å²) in [6, 6.07) is 10.4. The third-order valence-electron chi connectivity index (χ3n) is 3.05. The van der Waals surface area contributed by atoms with Gasteiger partial charge in [-0.15, -0.1) is 0 Å². The molecule has 7 heteroatoms. The molecule has 0 bridgehead atoms. The van der Waals surface area contributed by atoms with Gasteiger partial charge in [-0.05, 0) is 51.6 Å². The monoisotopic (exact) mass is 397 g/mol. The van der Waals surface area contributed by atoms with Gasteiger partial charge in [-0.25, -0.2) is 4.79 Å². The van der Waals surface area contributed by atoms with Crippen molar-refractivity contribution in [3.63, 3.8) is 0 Å². The predicted octanol–water partition coefficient (Wildman–Crippen LogP) is 5.88. The molecule has 1 heterocycles. The summed E-state index contributed by atoms with van der Waals surface area (Å²) < 4.78 is 0.596. The second kappa shape index (κ2) is 6.20. The first-order valence-corrected chi connectivity index (χ1v) is 7.87. The number of amides is 2. The number of anilines is 2. The first kappa shape index (κ1) is 15.2. The molecule has 0 radical (unpaired) electrons. The molecule has 3 aromatic rings. The Hall–Kier alpha value is -1.69. The molecule has 0 aliphatic carbocycles. The summed E-state index contributed by atoms with van der Waals surface area (Å²) in [6.45, 7) is 0. The van der Waals surface area contributed by atoms with E-state index < -0.39 is 0 Å². The highest BCUT2D eigenvalue weighted by Crippen LogP contribution is 2.33. The Morgan fingerprint density at radius 1 is 1.00 bits per heavy atom.